The number of halogens is 2. The molecule has 0 unspecified atom stereocenters. The lowest BCUT2D eigenvalue weighted by atomic mass is 10.2. The van der Waals surface area contributed by atoms with E-state index in [2.05, 4.69) is 0 Å². The average Bonchev–Trinajstić information content (AvgIpc) is 2.92. The Hall–Kier alpha value is -0.220. The van der Waals surface area contributed by atoms with Crippen LogP contribution in [0.1, 0.15) is 32.1 Å². The Morgan fingerprint density at radius 2 is 1.93 bits per heavy atom. The highest BCUT2D eigenvalue weighted by Crippen LogP contribution is 2.27. The molecular weight excluding hydrogens is 188 g/mol. The molecular formula is C10H19F2NO. The fourth-order valence-electron chi connectivity index (χ4n) is 1.64. The number of hydrogen-bond acceptors (Lipinski definition) is 2. The van der Waals surface area contributed by atoms with E-state index < -0.39 is 6.43 Å². The Kier molecular flexibility index (Phi) is 5.33. The summed E-state index contributed by atoms with van der Waals surface area (Å²) in [5.74, 6) is 0. The van der Waals surface area contributed by atoms with Crippen LogP contribution in [0.3, 0.4) is 0 Å². The Morgan fingerprint density at radius 1 is 1.21 bits per heavy atom. The van der Waals surface area contributed by atoms with Gasteiger partial charge in [-0.05, 0) is 38.6 Å². The van der Waals surface area contributed by atoms with Gasteiger partial charge in [0, 0.05) is 12.6 Å². The lowest BCUT2D eigenvalue weighted by Gasteiger charge is -2.21. The molecule has 0 radical (unpaired) electrons. The van der Waals surface area contributed by atoms with Gasteiger partial charge in [0.1, 0.15) is 0 Å². The molecule has 0 saturated heterocycles. The van der Waals surface area contributed by atoms with Crippen LogP contribution in [0.15, 0.2) is 0 Å². The molecule has 0 heterocycles. The van der Waals surface area contributed by atoms with Gasteiger partial charge in [0.25, 0.3) is 6.43 Å². The van der Waals surface area contributed by atoms with Crippen molar-refractivity contribution in [2.75, 3.05) is 19.7 Å². The predicted octanol–water partition coefficient (Wildman–Crippen LogP) is 1.88. The first kappa shape index (κ1) is 11.9. The normalized spacial score (nSPS) is 16.9. The van der Waals surface area contributed by atoms with Gasteiger partial charge in [-0.2, -0.15) is 0 Å². The maximum Gasteiger partial charge on any atom is 0.251 e. The highest BCUT2D eigenvalue weighted by Gasteiger charge is 2.29. The van der Waals surface area contributed by atoms with Crippen LogP contribution in [0.25, 0.3) is 0 Å². The van der Waals surface area contributed by atoms with Crippen LogP contribution in [0.4, 0.5) is 8.78 Å². The minimum absolute atomic E-state index is 0.0796. The van der Waals surface area contributed by atoms with E-state index in [0.29, 0.717) is 6.04 Å². The van der Waals surface area contributed by atoms with Gasteiger partial charge in [-0.15, -0.1) is 0 Å². The summed E-state index contributed by atoms with van der Waals surface area (Å²) < 4.78 is 24.3. The van der Waals surface area contributed by atoms with E-state index in [1.54, 1.807) is 0 Å². The van der Waals surface area contributed by atoms with E-state index in [0.717, 1.165) is 38.6 Å². The summed E-state index contributed by atoms with van der Waals surface area (Å²) in [5.41, 5.74) is 0. The van der Waals surface area contributed by atoms with Gasteiger partial charge in [0.15, 0.2) is 0 Å². The van der Waals surface area contributed by atoms with Crippen LogP contribution < -0.4 is 0 Å². The van der Waals surface area contributed by atoms with Crippen LogP contribution in [0.2, 0.25) is 0 Å². The molecule has 1 aliphatic carbocycles. The van der Waals surface area contributed by atoms with Crippen molar-refractivity contribution in [3.63, 3.8) is 0 Å². The van der Waals surface area contributed by atoms with E-state index in [1.165, 1.54) is 0 Å². The Balaban J connectivity index is 2.09. The van der Waals surface area contributed by atoms with Gasteiger partial charge in [-0.1, -0.05) is 0 Å². The molecule has 0 amide bonds. The summed E-state index contributed by atoms with van der Waals surface area (Å²) in [5, 5.41) is 8.56. The topological polar surface area (TPSA) is 23.5 Å². The van der Waals surface area contributed by atoms with Gasteiger partial charge in [-0.3, -0.25) is 4.90 Å². The Morgan fingerprint density at radius 3 is 2.43 bits per heavy atom. The summed E-state index contributed by atoms with van der Waals surface area (Å²) in [6.07, 6.45) is 2.58. The zero-order chi connectivity index (χ0) is 10.4. The maximum absolute atomic E-state index is 12.2. The second-order valence-corrected chi connectivity index (χ2v) is 3.90. The minimum Gasteiger partial charge on any atom is -0.396 e. The number of aliphatic hydroxyl groups is 1. The highest BCUT2D eigenvalue weighted by molar-refractivity contribution is 4.84. The van der Waals surface area contributed by atoms with Crippen molar-refractivity contribution in [1.82, 2.24) is 4.90 Å². The van der Waals surface area contributed by atoms with Crippen molar-refractivity contribution in [2.24, 2.45) is 0 Å². The molecule has 0 aromatic carbocycles. The molecule has 4 heteroatoms. The van der Waals surface area contributed by atoms with Gasteiger partial charge in [0.2, 0.25) is 0 Å². The smallest absolute Gasteiger partial charge is 0.251 e. The summed E-state index contributed by atoms with van der Waals surface area (Å²) in [4.78, 5) is 1.89. The summed E-state index contributed by atoms with van der Waals surface area (Å²) >= 11 is 0. The van der Waals surface area contributed by atoms with E-state index in [4.69, 9.17) is 5.11 Å². The lowest BCUT2D eigenvalue weighted by Crippen LogP contribution is -2.32. The first-order chi connectivity index (χ1) is 6.74. The van der Waals surface area contributed by atoms with E-state index in [1.807, 2.05) is 4.90 Å². The molecule has 0 bridgehead atoms. The Labute approximate surface area is 83.9 Å². The number of unbranched alkanes of at least 4 members (excludes halogenated alkanes) is 2. The first-order valence-corrected chi connectivity index (χ1v) is 5.37. The number of hydrogen-bond donors (Lipinski definition) is 1. The van der Waals surface area contributed by atoms with Crippen LogP contribution in [-0.4, -0.2) is 42.2 Å². The SMILES string of the molecule is OCCCCCN(CC(F)F)C1CC1. The fourth-order valence-corrected chi connectivity index (χ4v) is 1.64. The van der Waals surface area contributed by atoms with Crippen LogP contribution in [0, 0.1) is 0 Å². The zero-order valence-electron chi connectivity index (χ0n) is 8.46. The predicted molar refractivity (Wildman–Crippen MR) is 51.5 cm³/mol. The third-order valence-corrected chi connectivity index (χ3v) is 2.54. The van der Waals surface area contributed by atoms with Gasteiger partial charge >= 0.3 is 0 Å². The van der Waals surface area contributed by atoms with E-state index in [-0.39, 0.29) is 13.2 Å². The van der Waals surface area contributed by atoms with Crippen LogP contribution >= 0.6 is 0 Å². The molecule has 1 N–H and O–H groups in total. The molecule has 1 aliphatic rings. The van der Waals surface area contributed by atoms with Crippen molar-refractivity contribution in [1.29, 1.82) is 0 Å². The van der Waals surface area contributed by atoms with Crippen LogP contribution in [-0.2, 0) is 0 Å². The molecule has 0 aromatic heterocycles. The van der Waals surface area contributed by atoms with Crippen molar-refractivity contribution in [2.45, 2.75) is 44.6 Å². The van der Waals surface area contributed by atoms with Gasteiger partial charge in [-0.25, -0.2) is 8.78 Å². The van der Waals surface area contributed by atoms with Crippen molar-refractivity contribution < 1.29 is 13.9 Å². The number of alkyl halides is 2. The molecule has 0 atom stereocenters. The van der Waals surface area contributed by atoms with E-state index in [9.17, 15) is 8.78 Å². The molecule has 0 spiro atoms. The third-order valence-electron chi connectivity index (χ3n) is 2.54. The second-order valence-electron chi connectivity index (χ2n) is 3.90. The lowest BCUT2D eigenvalue weighted by molar-refractivity contribution is 0.0830. The summed E-state index contributed by atoms with van der Waals surface area (Å²) in [7, 11) is 0. The van der Waals surface area contributed by atoms with Crippen molar-refractivity contribution in [3.8, 4) is 0 Å². The monoisotopic (exact) mass is 207 g/mol. The molecule has 14 heavy (non-hydrogen) atoms. The maximum atomic E-state index is 12.2. The van der Waals surface area contributed by atoms with Crippen molar-refractivity contribution >= 4 is 0 Å². The average molecular weight is 207 g/mol. The largest absolute Gasteiger partial charge is 0.396 e. The molecule has 84 valence electrons. The zero-order valence-corrected chi connectivity index (χ0v) is 8.46. The number of aliphatic hydroxyl groups excluding tert-OH is 1. The van der Waals surface area contributed by atoms with Crippen LogP contribution in [0.5, 0.6) is 0 Å². The first-order valence-electron chi connectivity index (χ1n) is 5.37. The fraction of sp³-hybridized carbons (Fsp3) is 1.00. The standard InChI is InChI=1S/C10H19F2NO/c11-10(12)8-13(9-4-5-9)6-2-1-3-7-14/h9-10,14H,1-8H2. The molecule has 0 aromatic rings. The van der Waals surface area contributed by atoms with Gasteiger partial charge in [0.05, 0.1) is 6.54 Å². The molecule has 1 saturated carbocycles. The van der Waals surface area contributed by atoms with Gasteiger partial charge < -0.3 is 5.11 Å². The molecule has 1 fully saturated rings. The summed E-state index contributed by atoms with van der Waals surface area (Å²) in [6.45, 7) is 0.886. The van der Waals surface area contributed by atoms with E-state index >= 15 is 0 Å². The second kappa shape index (κ2) is 6.30. The molecule has 1 rings (SSSR count). The number of rotatable bonds is 8. The molecule has 0 aliphatic heterocycles. The highest BCUT2D eigenvalue weighted by atomic mass is 19.3. The minimum atomic E-state index is -2.21. The molecule has 2 nitrogen and oxygen atoms in total. The quantitative estimate of drug-likeness (QED) is 0.614. The van der Waals surface area contributed by atoms with Crippen molar-refractivity contribution in [3.05, 3.63) is 0 Å². The number of nitrogens with zero attached hydrogens (tertiary/aromatic N) is 1. The summed E-state index contributed by atoms with van der Waals surface area (Å²) in [6, 6.07) is 0.415. The Bertz CT molecular complexity index is 151. The third kappa shape index (κ3) is 4.86.